The van der Waals surface area contributed by atoms with Crippen molar-refractivity contribution in [3.63, 3.8) is 0 Å². The third-order valence-electron chi connectivity index (χ3n) is 3.77. The molecule has 25 heavy (non-hydrogen) atoms. The summed E-state index contributed by atoms with van der Waals surface area (Å²) in [5.74, 6) is -2.54. The van der Waals surface area contributed by atoms with Crippen LogP contribution in [0, 0.1) is 11.6 Å². The molecule has 0 aliphatic carbocycles. The lowest BCUT2D eigenvalue weighted by Crippen LogP contribution is -2.32. The minimum atomic E-state index is -3.21. The first kappa shape index (κ1) is 17.0. The van der Waals surface area contributed by atoms with Crippen molar-refractivity contribution in [3.05, 3.63) is 53.2 Å². The highest BCUT2D eigenvalue weighted by Crippen LogP contribution is 2.37. The summed E-state index contributed by atoms with van der Waals surface area (Å²) in [5.41, 5.74) is 0.108. The van der Waals surface area contributed by atoms with Crippen molar-refractivity contribution in [2.75, 3.05) is 13.7 Å². The highest BCUT2D eigenvalue weighted by molar-refractivity contribution is 5.96. The van der Waals surface area contributed by atoms with Gasteiger partial charge in [0, 0.05) is 18.7 Å². The fourth-order valence-electron chi connectivity index (χ4n) is 2.58. The molecule has 3 rings (SSSR count). The van der Waals surface area contributed by atoms with E-state index < -0.39 is 41.6 Å². The van der Waals surface area contributed by atoms with E-state index in [1.165, 1.54) is 30.1 Å². The zero-order chi connectivity index (χ0) is 18.1. The third kappa shape index (κ3) is 3.35. The number of hydrogen-bond acceptors (Lipinski definition) is 4. The molecule has 1 atom stereocenters. The van der Waals surface area contributed by atoms with Gasteiger partial charge in [-0.25, -0.2) is 13.8 Å². The van der Waals surface area contributed by atoms with Crippen LogP contribution in [-0.2, 0) is 0 Å². The number of nitrogens with zero attached hydrogens (tertiary/aromatic N) is 2. The first-order valence-corrected chi connectivity index (χ1v) is 7.16. The van der Waals surface area contributed by atoms with Gasteiger partial charge in [-0.1, -0.05) is 6.07 Å². The molecular formula is C16H12F4N2O3. The molecule has 0 radical (unpaired) electrons. The molecule has 0 spiro atoms. The van der Waals surface area contributed by atoms with Gasteiger partial charge in [0.15, 0.2) is 0 Å². The summed E-state index contributed by atoms with van der Waals surface area (Å²) in [5, 5.41) is 0. The van der Waals surface area contributed by atoms with Crippen molar-refractivity contribution in [2.45, 2.75) is 12.7 Å². The van der Waals surface area contributed by atoms with Crippen LogP contribution in [0.2, 0.25) is 0 Å². The second kappa shape index (κ2) is 6.58. The number of amides is 1. The van der Waals surface area contributed by atoms with Crippen molar-refractivity contribution in [3.8, 4) is 11.6 Å². The minimum absolute atomic E-state index is 0.0504. The molecule has 0 saturated heterocycles. The first-order valence-electron chi connectivity index (χ1n) is 7.16. The average molecular weight is 356 g/mol. The number of carbonyl (C=O) groups is 1. The number of likely N-dealkylation sites (N-methyl/N-ethyl adjacent to an activating group) is 1. The summed E-state index contributed by atoms with van der Waals surface area (Å²) in [7, 11) is 1.39. The maximum Gasteiger partial charge on any atom is 0.388 e. The Labute approximate surface area is 139 Å². The van der Waals surface area contributed by atoms with Gasteiger partial charge in [-0.3, -0.25) is 4.79 Å². The Morgan fingerprint density at radius 2 is 2.08 bits per heavy atom. The predicted octanol–water partition coefficient (Wildman–Crippen LogP) is 3.17. The Morgan fingerprint density at radius 3 is 2.80 bits per heavy atom. The van der Waals surface area contributed by atoms with Crippen molar-refractivity contribution >= 4 is 5.91 Å². The predicted molar refractivity (Wildman–Crippen MR) is 77.6 cm³/mol. The molecule has 0 N–H and O–H groups in total. The normalized spacial score (nSPS) is 15.7. The molecule has 1 aliphatic rings. The van der Waals surface area contributed by atoms with Gasteiger partial charge >= 0.3 is 6.61 Å². The molecule has 0 saturated carbocycles. The van der Waals surface area contributed by atoms with Gasteiger partial charge < -0.3 is 14.4 Å². The molecule has 1 unspecified atom stereocenters. The van der Waals surface area contributed by atoms with Crippen LogP contribution in [0.3, 0.4) is 0 Å². The largest absolute Gasteiger partial charge is 0.491 e. The third-order valence-corrected chi connectivity index (χ3v) is 3.77. The molecular weight excluding hydrogens is 344 g/mol. The van der Waals surface area contributed by atoms with Gasteiger partial charge in [0.05, 0.1) is 12.2 Å². The van der Waals surface area contributed by atoms with Gasteiger partial charge in [0.2, 0.25) is 5.88 Å². The summed E-state index contributed by atoms with van der Waals surface area (Å²) in [6.07, 6.45) is 0.672. The van der Waals surface area contributed by atoms with E-state index in [1.54, 1.807) is 0 Å². The fourth-order valence-corrected chi connectivity index (χ4v) is 2.58. The molecule has 1 aliphatic heterocycles. The fraction of sp³-hybridized carbons (Fsp3) is 0.250. The summed E-state index contributed by atoms with van der Waals surface area (Å²) in [6, 6.07) is 4.04. The maximum atomic E-state index is 13.4. The van der Waals surface area contributed by atoms with Crippen LogP contribution >= 0.6 is 0 Å². The molecule has 132 valence electrons. The minimum Gasteiger partial charge on any atom is -0.491 e. The molecule has 9 heteroatoms. The van der Waals surface area contributed by atoms with Crippen LogP contribution in [0.1, 0.15) is 22.0 Å². The number of carbonyl (C=O) groups excluding carboxylic acids is 1. The van der Waals surface area contributed by atoms with Crippen molar-refractivity contribution in [2.24, 2.45) is 0 Å². The van der Waals surface area contributed by atoms with Crippen LogP contribution in [-0.4, -0.2) is 36.1 Å². The van der Waals surface area contributed by atoms with Gasteiger partial charge in [-0.15, -0.1) is 0 Å². The van der Waals surface area contributed by atoms with E-state index >= 15 is 0 Å². The summed E-state index contributed by atoms with van der Waals surface area (Å²) >= 11 is 0. The van der Waals surface area contributed by atoms with E-state index in [4.69, 9.17) is 4.74 Å². The quantitative estimate of drug-likeness (QED) is 0.790. The lowest BCUT2D eigenvalue weighted by atomic mass is 10.1. The van der Waals surface area contributed by atoms with E-state index in [9.17, 15) is 22.4 Å². The Bertz CT molecular complexity index is 816. The van der Waals surface area contributed by atoms with Gasteiger partial charge in [-0.05, 0) is 12.1 Å². The Morgan fingerprint density at radius 1 is 1.32 bits per heavy atom. The Kier molecular flexibility index (Phi) is 4.47. The van der Waals surface area contributed by atoms with Crippen molar-refractivity contribution < 1.29 is 31.8 Å². The summed E-state index contributed by atoms with van der Waals surface area (Å²) in [6.45, 7) is -3.16. The number of aromatic nitrogens is 1. The number of ether oxygens (including phenoxy) is 2. The van der Waals surface area contributed by atoms with E-state index in [1.807, 2.05) is 0 Å². The van der Waals surface area contributed by atoms with Gasteiger partial charge in [0.25, 0.3) is 5.91 Å². The topological polar surface area (TPSA) is 51.7 Å². The average Bonchev–Trinajstić information content (AvgIpc) is 2.97. The maximum absolute atomic E-state index is 13.4. The lowest BCUT2D eigenvalue weighted by molar-refractivity contribution is -0.0534. The van der Waals surface area contributed by atoms with Crippen LogP contribution in [0.5, 0.6) is 11.6 Å². The first-order chi connectivity index (χ1) is 11.9. The molecule has 1 aromatic heterocycles. The Hall–Kier alpha value is -2.84. The number of halogens is 4. The van der Waals surface area contributed by atoms with Crippen molar-refractivity contribution in [1.29, 1.82) is 0 Å². The van der Waals surface area contributed by atoms with Gasteiger partial charge in [-0.2, -0.15) is 8.78 Å². The highest BCUT2D eigenvalue weighted by Gasteiger charge is 2.33. The highest BCUT2D eigenvalue weighted by atomic mass is 19.3. The molecule has 5 nitrogen and oxygen atoms in total. The Balaban J connectivity index is 1.91. The molecule has 2 aromatic rings. The smallest absolute Gasteiger partial charge is 0.388 e. The van der Waals surface area contributed by atoms with Crippen molar-refractivity contribution in [1.82, 2.24) is 9.88 Å². The molecule has 2 heterocycles. The standard InChI is InChI=1S/C16H12F4N2O3/c1-22(12-7-24-13-5-8(17)2-3-10(12)13)15(23)11-4-9(18)6-21-14(11)25-16(19)20/h2-6,12,16H,7H2,1H3. The summed E-state index contributed by atoms with van der Waals surface area (Å²) in [4.78, 5) is 17.2. The number of alkyl halides is 2. The second-order valence-corrected chi connectivity index (χ2v) is 5.31. The molecule has 0 fully saturated rings. The van der Waals surface area contributed by atoms with Crippen LogP contribution < -0.4 is 9.47 Å². The van der Waals surface area contributed by atoms with E-state index in [-0.39, 0.29) is 12.4 Å². The monoisotopic (exact) mass is 356 g/mol. The van der Waals surface area contributed by atoms with Crippen LogP contribution in [0.15, 0.2) is 30.5 Å². The van der Waals surface area contributed by atoms with Crippen LogP contribution in [0.25, 0.3) is 0 Å². The molecule has 0 bridgehead atoms. The number of hydrogen-bond donors (Lipinski definition) is 0. The number of fused-ring (bicyclic) bond motifs is 1. The SMILES string of the molecule is CN(C(=O)c1cc(F)cnc1OC(F)F)C1COc2cc(F)ccc21. The van der Waals surface area contributed by atoms with E-state index in [0.29, 0.717) is 11.8 Å². The van der Waals surface area contributed by atoms with E-state index in [2.05, 4.69) is 9.72 Å². The second-order valence-electron chi connectivity index (χ2n) is 5.31. The van der Waals surface area contributed by atoms with E-state index in [0.717, 1.165) is 6.07 Å². The number of rotatable bonds is 4. The molecule has 1 aromatic carbocycles. The zero-order valence-corrected chi connectivity index (χ0v) is 12.9. The summed E-state index contributed by atoms with van der Waals surface area (Å²) < 4.78 is 61.1. The zero-order valence-electron chi connectivity index (χ0n) is 12.9. The van der Waals surface area contributed by atoms with Gasteiger partial charge in [0.1, 0.15) is 29.6 Å². The van der Waals surface area contributed by atoms with Crippen LogP contribution in [0.4, 0.5) is 17.6 Å². The number of pyridine rings is 1. The lowest BCUT2D eigenvalue weighted by Gasteiger charge is -2.24. The molecule has 1 amide bonds. The number of benzene rings is 1.